The number of aliphatic carboxylic acids is 2. The molecule has 11 heteroatoms. The van der Waals surface area contributed by atoms with E-state index in [9.17, 15) is 24.3 Å². The molecular weight excluding hydrogens is 340 g/mol. The first-order valence-corrected chi connectivity index (χ1v) is 7.51. The summed E-state index contributed by atoms with van der Waals surface area (Å²) in [5, 5.41) is 37.9. The summed E-state index contributed by atoms with van der Waals surface area (Å²) >= 11 is 0. The lowest BCUT2D eigenvalue weighted by Crippen LogP contribution is -2.53. The summed E-state index contributed by atoms with van der Waals surface area (Å²) in [5.74, 6) is -5.24. The number of rotatable bonds is 11. The first kappa shape index (κ1) is 22.8. The third kappa shape index (κ3) is 7.92. The van der Waals surface area contributed by atoms with Crippen LogP contribution in [0.5, 0.6) is 0 Å². The maximum atomic E-state index is 12.1. The van der Waals surface area contributed by atoms with Crippen LogP contribution in [0.1, 0.15) is 26.7 Å². The Balaban J connectivity index is 4.97. The van der Waals surface area contributed by atoms with E-state index in [0.29, 0.717) is 0 Å². The summed E-state index contributed by atoms with van der Waals surface area (Å²) in [4.78, 5) is 45.5. The predicted molar refractivity (Wildman–Crippen MR) is 82.2 cm³/mol. The molecule has 0 aliphatic carbocycles. The minimum absolute atomic E-state index is 0.151. The Bertz CT molecular complexity index is 495. The Morgan fingerprint density at radius 3 is 2.12 bits per heavy atom. The molecule has 0 aliphatic rings. The topological polar surface area (TPSA) is 196 Å². The van der Waals surface area contributed by atoms with Crippen molar-refractivity contribution in [1.82, 2.24) is 5.32 Å². The van der Waals surface area contributed by atoms with Gasteiger partial charge in [0.2, 0.25) is 12.0 Å². The van der Waals surface area contributed by atoms with Gasteiger partial charge in [0.1, 0.15) is 12.1 Å². The highest BCUT2D eigenvalue weighted by molar-refractivity contribution is 5.89. The van der Waals surface area contributed by atoms with Gasteiger partial charge in [-0.15, -0.1) is 0 Å². The van der Waals surface area contributed by atoms with Crippen molar-refractivity contribution in [1.29, 1.82) is 0 Å². The second kappa shape index (κ2) is 10.6. The minimum atomic E-state index is -2.00. The van der Waals surface area contributed by atoms with Crippen molar-refractivity contribution in [2.45, 2.75) is 51.0 Å². The molecule has 0 spiro atoms. The molecule has 0 aromatic carbocycles. The van der Waals surface area contributed by atoms with Crippen molar-refractivity contribution in [3.05, 3.63) is 0 Å². The van der Waals surface area contributed by atoms with Crippen molar-refractivity contribution in [3.8, 4) is 0 Å². The lowest BCUT2D eigenvalue weighted by Gasteiger charge is -2.25. The van der Waals surface area contributed by atoms with Gasteiger partial charge in [-0.2, -0.15) is 0 Å². The van der Waals surface area contributed by atoms with Gasteiger partial charge in [-0.05, 0) is 12.3 Å². The van der Waals surface area contributed by atoms with Gasteiger partial charge in [-0.1, -0.05) is 13.8 Å². The summed E-state index contributed by atoms with van der Waals surface area (Å²) < 4.78 is 4.67. The Hall–Kier alpha value is -2.24. The van der Waals surface area contributed by atoms with E-state index in [1.54, 1.807) is 13.8 Å². The van der Waals surface area contributed by atoms with Gasteiger partial charge >= 0.3 is 17.9 Å². The average molecular weight is 364 g/mol. The molecule has 4 atom stereocenters. The number of carboxylic acid groups (broad SMARTS) is 2. The number of aliphatic hydroxyl groups excluding tert-OH is 2. The standard InChI is InChI=1S/C14H24N2O9/c1-6(2)10(16-12(21)7(15)3-4-9(19)20)14(24)25-11(13(22)23)8(18)5-17/h6-8,10-11,17-18H,3-5,15H2,1-2H3,(H,16,21)(H,19,20)(H,22,23)/t7-,8+,10-,11+/m0/s1. The maximum Gasteiger partial charge on any atom is 0.347 e. The molecule has 11 nitrogen and oxygen atoms in total. The number of nitrogens with two attached hydrogens (primary N) is 1. The number of carbonyl (C=O) groups is 4. The second-order valence-corrected chi connectivity index (χ2v) is 5.71. The molecule has 1 amide bonds. The highest BCUT2D eigenvalue weighted by Gasteiger charge is 2.35. The van der Waals surface area contributed by atoms with Crippen LogP contribution in [0.15, 0.2) is 0 Å². The monoisotopic (exact) mass is 364 g/mol. The number of carboxylic acids is 2. The summed E-state index contributed by atoms with van der Waals surface area (Å²) in [6.07, 6.45) is -4.32. The highest BCUT2D eigenvalue weighted by atomic mass is 16.6. The van der Waals surface area contributed by atoms with Crippen LogP contribution >= 0.6 is 0 Å². The zero-order chi connectivity index (χ0) is 19.7. The van der Waals surface area contributed by atoms with Gasteiger partial charge in [0, 0.05) is 6.42 Å². The summed E-state index contributed by atoms with van der Waals surface area (Å²) in [6, 6.07) is -2.44. The maximum absolute atomic E-state index is 12.1. The van der Waals surface area contributed by atoms with Gasteiger partial charge in [-0.3, -0.25) is 9.59 Å². The molecule has 7 N–H and O–H groups in total. The first-order valence-electron chi connectivity index (χ1n) is 7.51. The Kier molecular flexibility index (Phi) is 9.64. The molecule has 0 aromatic heterocycles. The van der Waals surface area contributed by atoms with Crippen molar-refractivity contribution in [2.75, 3.05) is 6.61 Å². The van der Waals surface area contributed by atoms with E-state index >= 15 is 0 Å². The fourth-order valence-corrected chi connectivity index (χ4v) is 1.76. The Labute approximate surface area is 143 Å². The largest absolute Gasteiger partial charge is 0.481 e. The molecule has 0 aromatic rings. The van der Waals surface area contributed by atoms with Gasteiger partial charge < -0.3 is 36.2 Å². The van der Waals surface area contributed by atoms with E-state index in [1.165, 1.54) is 0 Å². The molecule has 0 bridgehead atoms. The number of hydrogen-bond donors (Lipinski definition) is 6. The summed E-state index contributed by atoms with van der Waals surface area (Å²) in [7, 11) is 0. The van der Waals surface area contributed by atoms with E-state index in [4.69, 9.17) is 21.1 Å². The van der Waals surface area contributed by atoms with Crippen molar-refractivity contribution < 1.29 is 44.3 Å². The number of ether oxygens (including phenoxy) is 1. The summed E-state index contributed by atoms with van der Waals surface area (Å²) in [5.41, 5.74) is 5.54. The van der Waals surface area contributed by atoms with Crippen molar-refractivity contribution in [2.24, 2.45) is 11.7 Å². The van der Waals surface area contributed by atoms with Crippen LogP contribution in [0.3, 0.4) is 0 Å². The van der Waals surface area contributed by atoms with Crippen LogP contribution in [0, 0.1) is 5.92 Å². The SMILES string of the molecule is CC(C)[C@H](NC(=O)[C@@H](N)CCC(=O)O)C(=O)O[C@@H](C(=O)O)[C@H](O)CO. The highest BCUT2D eigenvalue weighted by Crippen LogP contribution is 2.09. The molecule has 0 heterocycles. The van der Waals surface area contributed by atoms with Crippen molar-refractivity contribution >= 4 is 23.8 Å². The Morgan fingerprint density at radius 2 is 1.72 bits per heavy atom. The van der Waals surface area contributed by atoms with E-state index in [-0.39, 0.29) is 12.8 Å². The lowest BCUT2D eigenvalue weighted by atomic mass is 10.0. The third-order valence-corrected chi connectivity index (χ3v) is 3.25. The fourth-order valence-electron chi connectivity index (χ4n) is 1.76. The molecule has 25 heavy (non-hydrogen) atoms. The van der Waals surface area contributed by atoms with E-state index in [2.05, 4.69) is 10.1 Å². The normalized spacial score (nSPS) is 15.8. The zero-order valence-electron chi connectivity index (χ0n) is 13.9. The zero-order valence-corrected chi connectivity index (χ0v) is 13.9. The first-order chi connectivity index (χ1) is 11.5. The molecular formula is C14H24N2O9. The van der Waals surface area contributed by atoms with Crippen molar-refractivity contribution in [3.63, 3.8) is 0 Å². The molecule has 0 radical (unpaired) electrons. The molecule has 0 saturated carbocycles. The van der Waals surface area contributed by atoms with Gasteiger partial charge in [-0.25, -0.2) is 9.59 Å². The van der Waals surface area contributed by atoms with Crippen LogP contribution in [-0.4, -0.2) is 75.1 Å². The number of esters is 1. The van der Waals surface area contributed by atoms with Crippen LogP contribution in [0.2, 0.25) is 0 Å². The average Bonchev–Trinajstić information content (AvgIpc) is 2.53. The molecule has 0 fully saturated rings. The molecule has 0 unspecified atom stereocenters. The van der Waals surface area contributed by atoms with E-state index < -0.39 is 60.6 Å². The van der Waals surface area contributed by atoms with Crippen LogP contribution < -0.4 is 11.1 Å². The minimum Gasteiger partial charge on any atom is -0.481 e. The summed E-state index contributed by atoms with van der Waals surface area (Å²) in [6.45, 7) is 2.16. The number of hydrogen-bond acceptors (Lipinski definition) is 8. The van der Waals surface area contributed by atoms with Gasteiger partial charge in [0.15, 0.2) is 0 Å². The van der Waals surface area contributed by atoms with Crippen LogP contribution in [0.25, 0.3) is 0 Å². The molecule has 0 rings (SSSR count). The number of aliphatic hydroxyl groups is 2. The van der Waals surface area contributed by atoms with Gasteiger partial charge in [0.25, 0.3) is 0 Å². The van der Waals surface area contributed by atoms with Gasteiger partial charge in [0.05, 0.1) is 12.6 Å². The smallest absolute Gasteiger partial charge is 0.347 e. The quantitative estimate of drug-likeness (QED) is 0.216. The van der Waals surface area contributed by atoms with E-state index in [1.807, 2.05) is 0 Å². The van der Waals surface area contributed by atoms with Crippen LogP contribution in [-0.2, 0) is 23.9 Å². The fraction of sp³-hybridized carbons (Fsp3) is 0.714. The molecule has 144 valence electrons. The Morgan fingerprint density at radius 1 is 1.16 bits per heavy atom. The van der Waals surface area contributed by atoms with Crippen LogP contribution in [0.4, 0.5) is 0 Å². The number of nitrogens with one attached hydrogen (secondary N) is 1. The molecule has 0 aliphatic heterocycles. The number of amides is 1. The molecule has 0 saturated heterocycles. The predicted octanol–water partition coefficient (Wildman–Crippen LogP) is -2.33. The number of carbonyl (C=O) groups excluding carboxylic acids is 2. The second-order valence-electron chi connectivity index (χ2n) is 5.71. The third-order valence-electron chi connectivity index (χ3n) is 3.25. The van der Waals surface area contributed by atoms with E-state index in [0.717, 1.165) is 0 Å². The lowest BCUT2D eigenvalue weighted by molar-refractivity contribution is -0.175.